The zero-order chi connectivity index (χ0) is 28.2. The topological polar surface area (TPSA) is 61.8 Å². The summed E-state index contributed by atoms with van der Waals surface area (Å²) in [5.74, 6) is 1.36. The predicted octanol–water partition coefficient (Wildman–Crippen LogP) is 8.34. The highest BCUT2D eigenvalue weighted by atomic mass is 16.5. The van der Waals surface area contributed by atoms with E-state index in [0.29, 0.717) is 23.0 Å². The average molecular weight is 531 g/mol. The van der Waals surface area contributed by atoms with Crippen molar-refractivity contribution in [3.63, 3.8) is 0 Å². The van der Waals surface area contributed by atoms with Crippen LogP contribution >= 0.6 is 0 Å². The summed E-state index contributed by atoms with van der Waals surface area (Å²) in [4.78, 5) is 24.4. The fourth-order valence-electron chi connectivity index (χ4n) is 4.86. The monoisotopic (exact) mass is 530 g/mol. The first-order chi connectivity index (χ1) is 18.8. The highest BCUT2D eigenvalue weighted by Gasteiger charge is 2.19. The third kappa shape index (κ3) is 9.36. The normalized spacial score (nSPS) is 17.1. The molecule has 1 aliphatic carbocycles. The summed E-state index contributed by atoms with van der Waals surface area (Å²) in [5.41, 5.74) is 3.35. The van der Waals surface area contributed by atoms with Gasteiger partial charge in [-0.25, -0.2) is 9.59 Å². The molecule has 0 bridgehead atoms. The number of carbonyl (C=O) groups is 2. The summed E-state index contributed by atoms with van der Waals surface area (Å²) >= 11 is 0. The standard InChI is InChI=1S/C34H42O5/c1-6-7-8-9-26-10-12-27(13-11-26)14-15-30-22-29(18-21-32(30)39-34(36)25(4)23-37-5)28-16-19-31(20-17-28)38-33(35)24(2)3/h14-22,26-27H,2,4,6-13,23H2,1,3,5H3/b15-14+. The minimum Gasteiger partial charge on any atom is -0.423 e. The highest BCUT2D eigenvalue weighted by molar-refractivity contribution is 5.90. The van der Waals surface area contributed by atoms with E-state index in [1.54, 1.807) is 19.1 Å². The van der Waals surface area contributed by atoms with Crippen LogP contribution in [0.4, 0.5) is 0 Å². The molecule has 0 aromatic heterocycles. The Balaban J connectivity index is 1.78. The number of hydrogen-bond donors (Lipinski definition) is 0. The molecule has 1 saturated carbocycles. The van der Waals surface area contributed by atoms with E-state index in [2.05, 4.69) is 32.2 Å². The van der Waals surface area contributed by atoms with Gasteiger partial charge in [0.05, 0.1) is 12.2 Å². The molecule has 0 aliphatic heterocycles. The second kappa shape index (κ2) is 15.2. The number of rotatable bonds is 13. The number of allylic oxidation sites excluding steroid dienone is 1. The molecule has 0 atom stereocenters. The Bertz CT molecular complexity index is 1170. The van der Waals surface area contributed by atoms with Gasteiger partial charge in [0.25, 0.3) is 0 Å². The first-order valence-corrected chi connectivity index (χ1v) is 14.0. The largest absolute Gasteiger partial charge is 0.423 e. The van der Waals surface area contributed by atoms with Crippen LogP contribution in [-0.2, 0) is 14.3 Å². The molecule has 208 valence electrons. The SMILES string of the molecule is C=C(C)C(=O)Oc1ccc(-c2ccc(OC(=O)C(=C)COC)c(/C=C/C3CCC(CCCCC)CC3)c2)cc1. The maximum absolute atomic E-state index is 12.6. The maximum atomic E-state index is 12.6. The van der Waals surface area contributed by atoms with Crippen LogP contribution in [0.5, 0.6) is 11.5 Å². The lowest BCUT2D eigenvalue weighted by molar-refractivity contribution is -0.131. The van der Waals surface area contributed by atoms with Crippen LogP contribution < -0.4 is 9.47 Å². The Morgan fingerprint density at radius 1 is 0.923 bits per heavy atom. The Kier molecular flexibility index (Phi) is 11.8. The van der Waals surface area contributed by atoms with Gasteiger partial charge in [-0.05, 0) is 79.8 Å². The molecule has 0 unspecified atom stereocenters. The van der Waals surface area contributed by atoms with E-state index in [1.165, 1.54) is 58.5 Å². The molecule has 0 saturated heterocycles. The Morgan fingerprint density at radius 3 is 2.26 bits per heavy atom. The third-order valence-corrected chi connectivity index (χ3v) is 7.22. The number of unbranched alkanes of at least 4 members (excludes halogenated alkanes) is 2. The molecule has 39 heavy (non-hydrogen) atoms. The summed E-state index contributed by atoms with van der Waals surface area (Å²) < 4.78 is 16.1. The van der Waals surface area contributed by atoms with Crippen LogP contribution in [0.1, 0.15) is 70.8 Å². The number of esters is 2. The molecule has 1 aliphatic rings. The van der Waals surface area contributed by atoms with Crippen LogP contribution in [0, 0.1) is 11.8 Å². The van der Waals surface area contributed by atoms with E-state index < -0.39 is 11.9 Å². The number of ether oxygens (including phenoxy) is 3. The van der Waals surface area contributed by atoms with Crippen molar-refractivity contribution in [1.29, 1.82) is 0 Å². The van der Waals surface area contributed by atoms with Crippen molar-refractivity contribution in [1.82, 2.24) is 0 Å². The van der Waals surface area contributed by atoms with Crippen molar-refractivity contribution >= 4 is 18.0 Å². The fourth-order valence-corrected chi connectivity index (χ4v) is 4.86. The molecular weight excluding hydrogens is 488 g/mol. The second-order valence-corrected chi connectivity index (χ2v) is 10.5. The first-order valence-electron chi connectivity index (χ1n) is 14.0. The van der Waals surface area contributed by atoms with E-state index in [1.807, 2.05) is 30.3 Å². The molecular formula is C34H42O5. The molecule has 0 radical (unpaired) electrons. The lowest BCUT2D eigenvalue weighted by Gasteiger charge is -2.26. The average Bonchev–Trinajstić information content (AvgIpc) is 2.93. The molecule has 2 aromatic carbocycles. The number of benzene rings is 2. The van der Waals surface area contributed by atoms with Crippen LogP contribution in [0.3, 0.4) is 0 Å². The van der Waals surface area contributed by atoms with E-state index in [4.69, 9.17) is 14.2 Å². The van der Waals surface area contributed by atoms with Crippen LogP contribution in [0.2, 0.25) is 0 Å². The summed E-state index contributed by atoms with van der Waals surface area (Å²) in [7, 11) is 1.52. The Labute approximate surface area is 233 Å². The molecule has 5 heteroatoms. The van der Waals surface area contributed by atoms with Crippen molar-refractivity contribution in [2.24, 2.45) is 11.8 Å². The van der Waals surface area contributed by atoms with Gasteiger partial charge in [0.15, 0.2) is 0 Å². The molecule has 3 rings (SSSR count). The fraction of sp³-hybridized carbons (Fsp3) is 0.412. The molecule has 5 nitrogen and oxygen atoms in total. The van der Waals surface area contributed by atoms with Gasteiger partial charge in [0, 0.05) is 18.2 Å². The van der Waals surface area contributed by atoms with Crippen molar-refractivity contribution in [3.8, 4) is 22.6 Å². The first kappa shape index (κ1) is 30.1. The van der Waals surface area contributed by atoms with Crippen molar-refractivity contribution < 1.29 is 23.8 Å². The lowest BCUT2D eigenvalue weighted by atomic mass is 9.79. The van der Waals surface area contributed by atoms with Crippen LogP contribution in [0.25, 0.3) is 17.2 Å². The quantitative estimate of drug-likeness (QED) is 0.113. The van der Waals surface area contributed by atoms with Crippen molar-refractivity contribution in [2.75, 3.05) is 13.7 Å². The number of hydrogen-bond acceptors (Lipinski definition) is 5. The van der Waals surface area contributed by atoms with Gasteiger partial charge in [-0.1, -0.05) is 76.1 Å². The molecule has 1 fully saturated rings. The van der Waals surface area contributed by atoms with E-state index in [0.717, 1.165) is 22.6 Å². The van der Waals surface area contributed by atoms with Crippen molar-refractivity contribution in [2.45, 2.75) is 65.2 Å². The van der Waals surface area contributed by atoms with E-state index in [-0.39, 0.29) is 12.2 Å². The molecule has 0 spiro atoms. The van der Waals surface area contributed by atoms with Gasteiger partial charge >= 0.3 is 11.9 Å². The zero-order valence-electron chi connectivity index (χ0n) is 23.7. The number of methoxy groups -OCH3 is 1. The molecule has 0 heterocycles. The van der Waals surface area contributed by atoms with Gasteiger partial charge in [-0.2, -0.15) is 0 Å². The summed E-state index contributed by atoms with van der Waals surface area (Å²) in [5, 5.41) is 0. The molecule has 0 amide bonds. The minimum absolute atomic E-state index is 0.117. The summed E-state index contributed by atoms with van der Waals surface area (Å²) in [6.45, 7) is 11.4. The lowest BCUT2D eigenvalue weighted by Crippen LogP contribution is -2.14. The van der Waals surface area contributed by atoms with E-state index in [9.17, 15) is 9.59 Å². The number of carbonyl (C=O) groups excluding carboxylic acids is 2. The van der Waals surface area contributed by atoms with Gasteiger partial charge in [-0.3, -0.25) is 0 Å². The minimum atomic E-state index is -0.504. The van der Waals surface area contributed by atoms with Crippen LogP contribution in [-0.4, -0.2) is 25.7 Å². The predicted molar refractivity (Wildman–Crippen MR) is 158 cm³/mol. The molecule has 0 N–H and O–H groups in total. The Morgan fingerprint density at radius 2 is 1.62 bits per heavy atom. The van der Waals surface area contributed by atoms with Crippen molar-refractivity contribution in [3.05, 3.63) is 78.4 Å². The second-order valence-electron chi connectivity index (χ2n) is 10.5. The zero-order valence-corrected chi connectivity index (χ0v) is 23.7. The third-order valence-electron chi connectivity index (χ3n) is 7.22. The Hall–Kier alpha value is -3.44. The van der Waals surface area contributed by atoms with Gasteiger partial charge < -0.3 is 14.2 Å². The van der Waals surface area contributed by atoms with Gasteiger partial charge in [0.1, 0.15) is 11.5 Å². The van der Waals surface area contributed by atoms with Gasteiger partial charge in [-0.15, -0.1) is 0 Å². The summed E-state index contributed by atoms with van der Waals surface area (Å²) in [6.07, 6.45) is 14.6. The smallest absolute Gasteiger partial charge is 0.341 e. The van der Waals surface area contributed by atoms with Crippen LogP contribution in [0.15, 0.2) is 72.8 Å². The maximum Gasteiger partial charge on any atom is 0.341 e. The molecule has 2 aromatic rings. The van der Waals surface area contributed by atoms with E-state index >= 15 is 0 Å². The summed E-state index contributed by atoms with van der Waals surface area (Å²) in [6, 6.07) is 13.1. The highest BCUT2D eigenvalue weighted by Crippen LogP contribution is 2.34. The van der Waals surface area contributed by atoms with Gasteiger partial charge in [0.2, 0.25) is 0 Å².